The number of amides is 1. The molecule has 0 fully saturated rings. The fourth-order valence-corrected chi connectivity index (χ4v) is 1.42. The summed E-state index contributed by atoms with van der Waals surface area (Å²) < 4.78 is 1.47. The van der Waals surface area contributed by atoms with Gasteiger partial charge in [0.2, 0.25) is 0 Å². The molecule has 0 aliphatic carbocycles. The number of carbonyl (C=O) groups excluding carboxylic acids is 1. The summed E-state index contributed by atoms with van der Waals surface area (Å²) >= 11 is 0. The minimum atomic E-state index is -0.954. The van der Waals surface area contributed by atoms with Crippen molar-refractivity contribution in [3.05, 3.63) is 36.5 Å². The van der Waals surface area contributed by atoms with Gasteiger partial charge in [0.15, 0.2) is 5.82 Å². The number of hydrogen-bond acceptors (Lipinski definition) is 5. The predicted octanol–water partition coefficient (Wildman–Crippen LogP) is 0.113. The number of carbonyl (C=O) groups is 2. The summed E-state index contributed by atoms with van der Waals surface area (Å²) in [7, 11) is 0. The van der Waals surface area contributed by atoms with Crippen molar-refractivity contribution >= 4 is 11.9 Å². The Morgan fingerprint density at radius 1 is 1.45 bits per heavy atom. The third-order valence-electron chi connectivity index (χ3n) is 2.65. The maximum Gasteiger partial charge on any atom is 0.308 e. The molecule has 0 saturated heterocycles. The largest absolute Gasteiger partial charge is 0.481 e. The molecule has 0 spiro atoms. The monoisotopic (exact) mass is 275 g/mol. The number of aliphatic carboxylic acids is 1. The Labute approximate surface area is 114 Å². The van der Waals surface area contributed by atoms with E-state index < -0.39 is 11.9 Å². The SMILES string of the molecule is CC(CNC(=O)c1ccc(-n2cncn2)nc1)C(=O)O. The fourth-order valence-electron chi connectivity index (χ4n) is 1.42. The molecule has 2 N–H and O–H groups in total. The summed E-state index contributed by atoms with van der Waals surface area (Å²) in [4.78, 5) is 30.3. The lowest BCUT2D eigenvalue weighted by molar-refractivity contribution is -0.140. The molecule has 0 aliphatic rings. The van der Waals surface area contributed by atoms with Crippen molar-refractivity contribution in [1.29, 1.82) is 0 Å². The third-order valence-corrected chi connectivity index (χ3v) is 2.65. The molecule has 0 aromatic carbocycles. The molecule has 2 aromatic heterocycles. The zero-order valence-electron chi connectivity index (χ0n) is 10.7. The minimum Gasteiger partial charge on any atom is -0.481 e. The van der Waals surface area contributed by atoms with Gasteiger partial charge >= 0.3 is 5.97 Å². The van der Waals surface area contributed by atoms with Crippen molar-refractivity contribution in [3.8, 4) is 5.82 Å². The lowest BCUT2D eigenvalue weighted by Crippen LogP contribution is -2.31. The molecule has 0 aliphatic heterocycles. The van der Waals surface area contributed by atoms with Crippen molar-refractivity contribution in [2.45, 2.75) is 6.92 Å². The molecular formula is C12H13N5O3. The standard InChI is InChI=1S/C12H13N5O3/c1-8(12(19)20)4-15-11(18)9-2-3-10(14-5-9)17-7-13-6-16-17/h2-3,5-8H,4H2,1H3,(H,15,18)(H,19,20). The van der Waals surface area contributed by atoms with Gasteiger partial charge in [0.1, 0.15) is 12.7 Å². The first-order valence-corrected chi connectivity index (χ1v) is 5.90. The molecule has 1 unspecified atom stereocenters. The van der Waals surface area contributed by atoms with E-state index in [4.69, 9.17) is 5.11 Å². The van der Waals surface area contributed by atoms with Gasteiger partial charge in [0.05, 0.1) is 11.5 Å². The molecule has 0 bridgehead atoms. The summed E-state index contributed by atoms with van der Waals surface area (Å²) in [6.45, 7) is 1.59. The Morgan fingerprint density at radius 3 is 2.80 bits per heavy atom. The van der Waals surface area contributed by atoms with E-state index in [1.54, 1.807) is 12.1 Å². The zero-order chi connectivity index (χ0) is 14.5. The van der Waals surface area contributed by atoms with E-state index in [1.807, 2.05) is 0 Å². The molecular weight excluding hydrogens is 262 g/mol. The van der Waals surface area contributed by atoms with Crippen LogP contribution < -0.4 is 5.32 Å². The molecule has 2 rings (SSSR count). The fraction of sp³-hybridized carbons (Fsp3) is 0.250. The lowest BCUT2D eigenvalue weighted by Gasteiger charge is -2.08. The van der Waals surface area contributed by atoms with Crippen LogP contribution in [-0.4, -0.2) is 43.3 Å². The van der Waals surface area contributed by atoms with Gasteiger partial charge in [-0.15, -0.1) is 0 Å². The van der Waals surface area contributed by atoms with Crippen LogP contribution in [0.4, 0.5) is 0 Å². The second-order valence-corrected chi connectivity index (χ2v) is 4.19. The highest BCUT2D eigenvalue weighted by Crippen LogP contribution is 2.04. The van der Waals surface area contributed by atoms with Crippen molar-refractivity contribution in [2.24, 2.45) is 5.92 Å². The molecule has 1 amide bonds. The number of aromatic nitrogens is 4. The third kappa shape index (κ3) is 3.16. The van der Waals surface area contributed by atoms with Gasteiger partial charge in [0.25, 0.3) is 5.91 Å². The van der Waals surface area contributed by atoms with Crippen LogP contribution in [0, 0.1) is 5.92 Å². The second kappa shape index (κ2) is 5.91. The van der Waals surface area contributed by atoms with Crippen LogP contribution in [0.3, 0.4) is 0 Å². The van der Waals surface area contributed by atoms with E-state index in [2.05, 4.69) is 20.4 Å². The van der Waals surface area contributed by atoms with E-state index in [-0.39, 0.29) is 12.5 Å². The minimum absolute atomic E-state index is 0.0684. The molecule has 0 radical (unpaired) electrons. The summed E-state index contributed by atoms with van der Waals surface area (Å²) in [5.74, 6) is -1.42. The molecule has 0 saturated carbocycles. The summed E-state index contributed by atoms with van der Waals surface area (Å²) in [5.41, 5.74) is 0.353. The van der Waals surface area contributed by atoms with E-state index in [9.17, 15) is 9.59 Å². The van der Waals surface area contributed by atoms with E-state index >= 15 is 0 Å². The Bertz CT molecular complexity index is 594. The first-order chi connectivity index (χ1) is 9.58. The van der Waals surface area contributed by atoms with Gasteiger partial charge in [-0.25, -0.2) is 14.6 Å². The van der Waals surface area contributed by atoms with Crippen molar-refractivity contribution in [2.75, 3.05) is 6.54 Å². The average Bonchev–Trinajstić information content (AvgIpc) is 2.98. The smallest absolute Gasteiger partial charge is 0.308 e. The maximum absolute atomic E-state index is 11.8. The first-order valence-electron chi connectivity index (χ1n) is 5.90. The molecule has 20 heavy (non-hydrogen) atoms. The topological polar surface area (TPSA) is 110 Å². The number of pyridine rings is 1. The van der Waals surface area contributed by atoms with Gasteiger partial charge in [0, 0.05) is 12.7 Å². The number of nitrogens with zero attached hydrogens (tertiary/aromatic N) is 4. The van der Waals surface area contributed by atoms with Crippen LogP contribution in [-0.2, 0) is 4.79 Å². The second-order valence-electron chi connectivity index (χ2n) is 4.19. The Balaban J connectivity index is 1.99. The van der Waals surface area contributed by atoms with Gasteiger partial charge in [-0.2, -0.15) is 5.10 Å². The quantitative estimate of drug-likeness (QED) is 0.801. The summed E-state index contributed by atoms with van der Waals surface area (Å²) in [5, 5.41) is 15.2. The number of rotatable bonds is 5. The van der Waals surface area contributed by atoms with E-state index in [1.165, 1.54) is 30.5 Å². The van der Waals surface area contributed by atoms with Gasteiger partial charge in [-0.05, 0) is 12.1 Å². The molecule has 1 atom stereocenters. The number of nitrogens with one attached hydrogen (secondary N) is 1. The van der Waals surface area contributed by atoms with Gasteiger partial charge < -0.3 is 10.4 Å². The Hall–Kier alpha value is -2.77. The first kappa shape index (κ1) is 13.7. The normalized spacial score (nSPS) is 11.8. The zero-order valence-corrected chi connectivity index (χ0v) is 10.7. The van der Waals surface area contributed by atoms with E-state index in [0.29, 0.717) is 11.4 Å². The summed E-state index contributed by atoms with van der Waals surface area (Å²) in [6.07, 6.45) is 4.28. The van der Waals surface area contributed by atoms with E-state index in [0.717, 1.165) is 0 Å². The van der Waals surface area contributed by atoms with Crippen LogP contribution in [0.15, 0.2) is 31.0 Å². The molecule has 104 valence electrons. The predicted molar refractivity (Wildman–Crippen MR) is 68.3 cm³/mol. The highest BCUT2D eigenvalue weighted by molar-refractivity contribution is 5.94. The Kier molecular flexibility index (Phi) is 4.04. The van der Waals surface area contributed by atoms with Crippen LogP contribution >= 0.6 is 0 Å². The average molecular weight is 275 g/mol. The Morgan fingerprint density at radius 2 is 2.25 bits per heavy atom. The summed E-state index contributed by atoms with van der Waals surface area (Å²) in [6, 6.07) is 3.22. The highest BCUT2D eigenvalue weighted by atomic mass is 16.4. The van der Waals surface area contributed by atoms with Crippen molar-refractivity contribution in [3.63, 3.8) is 0 Å². The van der Waals surface area contributed by atoms with Gasteiger partial charge in [-0.3, -0.25) is 9.59 Å². The van der Waals surface area contributed by atoms with Crippen molar-refractivity contribution < 1.29 is 14.7 Å². The number of hydrogen-bond donors (Lipinski definition) is 2. The molecule has 2 aromatic rings. The number of carboxylic acids is 1. The van der Waals surface area contributed by atoms with Crippen LogP contribution in [0.1, 0.15) is 17.3 Å². The molecule has 2 heterocycles. The van der Waals surface area contributed by atoms with Crippen molar-refractivity contribution in [1.82, 2.24) is 25.1 Å². The van der Waals surface area contributed by atoms with Crippen LogP contribution in [0.25, 0.3) is 5.82 Å². The van der Waals surface area contributed by atoms with Crippen LogP contribution in [0.5, 0.6) is 0 Å². The highest BCUT2D eigenvalue weighted by Gasteiger charge is 2.13. The maximum atomic E-state index is 11.8. The lowest BCUT2D eigenvalue weighted by atomic mass is 10.2. The molecule has 8 heteroatoms. The number of carboxylic acid groups (broad SMARTS) is 1. The molecule has 8 nitrogen and oxygen atoms in total. The van der Waals surface area contributed by atoms with Crippen LogP contribution in [0.2, 0.25) is 0 Å². The van der Waals surface area contributed by atoms with Gasteiger partial charge in [-0.1, -0.05) is 6.92 Å².